The maximum absolute atomic E-state index is 10.1. The molecule has 3 N–H and O–H groups in total. The van der Waals surface area contributed by atoms with Crippen LogP contribution in [0.25, 0.3) is 6.08 Å². The van der Waals surface area contributed by atoms with Gasteiger partial charge in [-0.05, 0) is 89.3 Å². The van der Waals surface area contributed by atoms with Crippen LogP contribution in [-0.2, 0) is 0 Å². The summed E-state index contributed by atoms with van der Waals surface area (Å²) in [6.45, 7) is 0. The van der Waals surface area contributed by atoms with E-state index in [9.17, 15) is 5.11 Å². The zero-order valence-corrected chi connectivity index (χ0v) is 17.6. The molecule has 2 saturated carbocycles. The molecule has 0 saturated heterocycles. The molecule has 0 aliphatic heterocycles. The number of aromatic hydroxyl groups is 1. The fourth-order valence-corrected chi connectivity index (χ4v) is 6.32. The van der Waals surface area contributed by atoms with Crippen molar-refractivity contribution in [2.75, 3.05) is 0 Å². The molecule has 3 nitrogen and oxygen atoms in total. The summed E-state index contributed by atoms with van der Waals surface area (Å²) in [5.41, 5.74) is 0.718. The van der Waals surface area contributed by atoms with Crippen molar-refractivity contribution in [2.45, 2.75) is 25.3 Å². The molecule has 1 aromatic rings. The Balaban J connectivity index is 1.34. The standard InChI is InChI=1S/C19H20Br2N2OS/c20-12-6-10(18(24)16(21)9-12)4-5-22-19(25)23-17-8-11-7-15(17)14-3-1-2-13(11)14/h1,3-6,9,11,13-15,17,24H,2,7-8H2,(H2,22,23,25)/b5-4-/t11-,13+,14-,15+,17+/m0/s1. The van der Waals surface area contributed by atoms with Crippen molar-refractivity contribution in [3.63, 3.8) is 0 Å². The number of fused-ring (bicyclic) bond motifs is 5. The fraction of sp³-hybridized carbons (Fsp3) is 0.421. The van der Waals surface area contributed by atoms with Gasteiger partial charge in [-0.1, -0.05) is 28.1 Å². The van der Waals surface area contributed by atoms with Crippen LogP contribution >= 0.6 is 44.1 Å². The van der Waals surface area contributed by atoms with Crippen LogP contribution in [0.1, 0.15) is 24.8 Å². The number of nitrogens with one attached hydrogen (secondary N) is 2. The number of halogens is 2. The average Bonchev–Trinajstić information content (AvgIpc) is 3.24. The highest BCUT2D eigenvalue weighted by Crippen LogP contribution is 2.56. The molecule has 0 spiro atoms. The van der Waals surface area contributed by atoms with Gasteiger partial charge in [0, 0.05) is 22.3 Å². The summed E-state index contributed by atoms with van der Waals surface area (Å²) in [4.78, 5) is 0. The molecular weight excluding hydrogens is 464 g/mol. The topological polar surface area (TPSA) is 44.3 Å². The first kappa shape index (κ1) is 17.6. The number of hydrogen-bond donors (Lipinski definition) is 3. The highest BCUT2D eigenvalue weighted by atomic mass is 79.9. The minimum Gasteiger partial charge on any atom is -0.506 e. The molecule has 6 heteroatoms. The van der Waals surface area contributed by atoms with E-state index in [4.69, 9.17) is 12.2 Å². The molecule has 4 rings (SSSR count). The lowest BCUT2D eigenvalue weighted by Gasteiger charge is -2.32. The van der Waals surface area contributed by atoms with E-state index in [0.717, 1.165) is 33.7 Å². The number of thiocarbonyl (C=S) groups is 1. The van der Waals surface area contributed by atoms with Crippen molar-refractivity contribution < 1.29 is 5.11 Å². The van der Waals surface area contributed by atoms with Gasteiger partial charge in [0.15, 0.2) is 5.11 Å². The quantitative estimate of drug-likeness (QED) is 0.420. The highest BCUT2D eigenvalue weighted by molar-refractivity contribution is 9.11. The first-order valence-electron chi connectivity index (χ1n) is 8.61. The van der Waals surface area contributed by atoms with Gasteiger partial charge in [0.25, 0.3) is 0 Å². The van der Waals surface area contributed by atoms with Crippen molar-refractivity contribution in [1.82, 2.24) is 10.6 Å². The predicted octanol–water partition coefficient (Wildman–Crippen LogP) is 4.95. The van der Waals surface area contributed by atoms with Crippen LogP contribution in [0.2, 0.25) is 0 Å². The molecule has 0 radical (unpaired) electrons. The smallest absolute Gasteiger partial charge is 0.170 e. The van der Waals surface area contributed by atoms with Crippen LogP contribution in [0.3, 0.4) is 0 Å². The van der Waals surface area contributed by atoms with Gasteiger partial charge in [-0.15, -0.1) is 0 Å². The van der Waals surface area contributed by atoms with Crippen LogP contribution in [0.5, 0.6) is 5.75 Å². The van der Waals surface area contributed by atoms with E-state index >= 15 is 0 Å². The Labute approximate surface area is 170 Å². The molecule has 0 amide bonds. The first-order valence-corrected chi connectivity index (χ1v) is 10.6. The monoisotopic (exact) mass is 482 g/mol. The number of hydrogen-bond acceptors (Lipinski definition) is 2. The van der Waals surface area contributed by atoms with E-state index in [1.165, 1.54) is 19.3 Å². The van der Waals surface area contributed by atoms with Gasteiger partial charge < -0.3 is 15.7 Å². The number of rotatable bonds is 3. The Bertz CT molecular complexity index is 764. The van der Waals surface area contributed by atoms with E-state index in [1.54, 1.807) is 6.20 Å². The molecule has 0 unspecified atom stereocenters. The molecule has 132 valence electrons. The zero-order valence-electron chi connectivity index (χ0n) is 13.6. The summed E-state index contributed by atoms with van der Waals surface area (Å²) in [7, 11) is 0. The van der Waals surface area contributed by atoms with Gasteiger partial charge in [-0.3, -0.25) is 0 Å². The number of benzene rings is 1. The van der Waals surface area contributed by atoms with E-state index in [1.807, 2.05) is 18.2 Å². The largest absolute Gasteiger partial charge is 0.506 e. The van der Waals surface area contributed by atoms with E-state index < -0.39 is 0 Å². The Kier molecular flexibility index (Phi) is 4.95. The maximum atomic E-state index is 10.1. The van der Waals surface area contributed by atoms with Crippen LogP contribution in [0.15, 0.2) is 39.4 Å². The summed E-state index contributed by atoms with van der Waals surface area (Å²) >= 11 is 12.2. The molecule has 2 bridgehead atoms. The van der Waals surface area contributed by atoms with Crippen molar-refractivity contribution in [3.8, 4) is 5.75 Å². The molecular formula is C19H20Br2N2OS. The molecule has 3 aliphatic rings. The lowest BCUT2D eigenvalue weighted by atomic mass is 9.79. The Hall–Kier alpha value is -0.850. The molecule has 0 heterocycles. The third-order valence-corrected chi connectivity index (χ3v) is 7.16. The Morgan fingerprint density at radius 2 is 2.08 bits per heavy atom. The predicted molar refractivity (Wildman–Crippen MR) is 112 cm³/mol. The summed E-state index contributed by atoms with van der Waals surface area (Å²) in [5, 5.41) is 17.4. The van der Waals surface area contributed by atoms with Crippen LogP contribution in [0.4, 0.5) is 0 Å². The summed E-state index contributed by atoms with van der Waals surface area (Å²) < 4.78 is 1.56. The van der Waals surface area contributed by atoms with Gasteiger partial charge in [0.05, 0.1) is 4.47 Å². The minimum absolute atomic E-state index is 0.215. The second-order valence-corrected chi connectivity index (χ2v) is 9.36. The van der Waals surface area contributed by atoms with Crippen LogP contribution in [0, 0.1) is 23.7 Å². The summed E-state index contributed by atoms with van der Waals surface area (Å²) in [6.07, 6.45) is 12.2. The van der Waals surface area contributed by atoms with E-state index in [2.05, 4.69) is 54.6 Å². The first-order chi connectivity index (χ1) is 12.0. The highest BCUT2D eigenvalue weighted by Gasteiger charge is 2.52. The van der Waals surface area contributed by atoms with Crippen molar-refractivity contribution >= 4 is 55.3 Å². The SMILES string of the molecule is Oc1c(Br)cc(Br)cc1/C=C\NC(=S)N[C@@H]1C[C@@H]2C[C@@H]1[C@H]1C=CC[C@H]21. The fourth-order valence-electron chi connectivity index (χ4n) is 4.84. The van der Waals surface area contributed by atoms with E-state index in [0.29, 0.717) is 15.6 Å². The minimum atomic E-state index is 0.215. The summed E-state index contributed by atoms with van der Waals surface area (Å²) in [5.74, 6) is 3.44. The molecule has 3 aliphatic carbocycles. The maximum Gasteiger partial charge on any atom is 0.170 e. The molecule has 2 fully saturated rings. The Morgan fingerprint density at radius 1 is 1.24 bits per heavy atom. The van der Waals surface area contributed by atoms with Gasteiger partial charge in [-0.25, -0.2) is 0 Å². The number of phenolic OH excluding ortho intramolecular Hbond substituents is 1. The molecule has 25 heavy (non-hydrogen) atoms. The average molecular weight is 484 g/mol. The van der Waals surface area contributed by atoms with Crippen molar-refractivity contribution in [3.05, 3.63) is 45.0 Å². The number of phenols is 1. The molecule has 5 atom stereocenters. The van der Waals surface area contributed by atoms with Crippen LogP contribution in [-0.4, -0.2) is 16.3 Å². The van der Waals surface area contributed by atoms with E-state index in [-0.39, 0.29) is 5.75 Å². The van der Waals surface area contributed by atoms with Crippen molar-refractivity contribution in [1.29, 1.82) is 0 Å². The Morgan fingerprint density at radius 3 is 2.92 bits per heavy atom. The molecule has 0 aromatic heterocycles. The normalized spacial score (nSPS) is 32.3. The third kappa shape index (κ3) is 3.40. The second kappa shape index (κ2) is 7.05. The van der Waals surface area contributed by atoms with Crippen molar-refractivity contribution in [2.24, 2.45) is 23.7 Å². The van der Waals surface area contributed by atoms with Gasteiger partial charge >= 0.3 is 0 Å². The molecule has 1 aromatic carbocycles. The van der Waals surface area contributed by atoms with Gasteiger partial charge in [0.1, 0.15) is 5.75 Å². The lowest BCUT2D eigenvalue weighted by molar-refractivity contribution is 0.246. The summed E-state index contributed by atoms with van der Waals surface area (Å²) in [6, 6.07) is 4.15. The zero-order chi connectivity index (χ0) is 17.6. The number of allylic oxidation sites excluding steroid dienone is 2. The van der Waals surface area contributed by atoms with Gasteiger partial charge in [0.2, 0.25) is 0 Å². The van der Waals surface area contributed by atoms with Crippen LogP contribution < -0.4 is 10.6 Å². The third-order valence-electron chi connectivity index (χ3n) is 5.86. The lowest BCUT2D eigenvalue weighted by Crippen LogP contribution is -2.45. The van der Waals surface area contributed by atoms with Gasteiger partial charge in [-0.2, -0.15) is 0 Å². The second-order valence-electron chi connectivity index (χ2n) is 7.18.